The number of hydrogen-bond donors (Lipinski definition) is 2. The van der Waals surface area contributed by atoms with E-state index in [4.69, 9.17) is 10.5 Å². The molecule has 0 radical (unpaired) electrons. The van der Waals surface area contributed by atoms with Gasteiger partial charge in [-0.15, -0.1) is 0 Å². The van der Waals surface area contributed by atoms with Crippen molar-refractivity contribution in [2.24, 2.45) is 0 Å². The number of anilines is 1. The molecule has 0 bridgehead atoms. The van der Waals surface area contributed by atoms with Crippen molar-refractivity contribution in [3.05, 3.63) is 12.4 Å². The lowest BCUT2D eigenvalue weighted by atomic mass is 10.3. The number of carbonyl (C=O) groups excluding carboxylic acids is 1. The molecule has 21 heavy (non-hydrogen) atoms. The van der Waals surface area contributed by atoms with E-state index < -0.39 is 0 Å². The molecule has 0 aromatic carbocycles. The van der Waals surface area contributed by atoms with Gasteiger partial charge in [-0.2, -0.15) is 0 Å². The quantitative estimate of drug-likeness (QED) is 0.827. The summed E-state index contributed by atoms with van der Waals surface area (Å²) in [5.41, 5.74) is 5.46. The molecule has 3 rings (SSSR count). The Bertz CT molecular complexity index is 523. The zero-order chi connectivity index (χ0) is 14.9. The van der Waals surface area contributed by atoms with Crippen molar-refractivity contribution in [2.75, 3.05) is 18.1 Å². The second-order valence-electron chi connectivity index (χ2n) is 5.76. The predicted octanol–water partition coefficient (Wildman–Crippen LogP) is 2.60. The highest BCUT2D eigenvalue weighted by Gasteiger charge is 2.40. The third-order valence-corrected chi connectivity index (χ3v) is 8.32. The van der Waals surface area contributed by atoms with Gasteiger partial charge in [0.25, 0.3) is 0 Å². The summed E-state index contributed by atoms with van der Waals surface area (Å²) < 4.78 is 5.52. The fourth-order valence-corrected chi connectivity index (χ4v) is 6.76. The lowest BCUT2D eigenvalue weighted by Gasteiger charge is -2.16. The summed E-state index contributed by atoms with van der Waals surface area (Å²) in [6.07, 6.45) is 8.36. The molecule has 114 valence electrons. The Hall–Kier alpha value is -1.07. The van der Waals surface area contributed by atoms with E-state index in [-0.39, 0.29) is 24.9 Å². The fourth-order valence-electron chi connectivity index (χ4n) is 2.14. The topological polar surface area (TPSA) is 90.1 Å². The molecule has 1 aromatic rings. The van der Waals surface area contributed by atoms with Gasteiger partial charge < -0.3 is 15.8 Å². The van der Waals surface area contributed by atoms with E-state index in [1.54, 1.807) is 23.8 Å². The summed E-state index contributed by atoms with van der Waals surface area (Å²) >= 11 is 1.79. The van der Waals surface area contributed by atoms with Crippen molar-refractivity contribution in [2.45, 2.75) is 42.7 Å². The van der Waals surface area contributed by atoms with Gasteiger partial charge in [-0.3, -0.25) is 0 Å². The number of nitrogens with one attached hydrogen (secondary N) is 1. The van der Waals surface area contributed by atoms with Crippen LogP contribution in [0.5, 0.6) is 0 Å². The Kier molecular flexibility index (Phi) is 4.22. The number of nitrogens with two attached hydrogens (primary N) is 1. The van der Waals surface area contributed by atoms with Gasteiger partial charge in [0.2, 0.25) is 5.95 Å². The lowest BCUT2D eigenvalue weighted by molar-refractivity contribution is 0.106. The Labute approximate surface area is 129 Å². The number of alkyl carbamates (subject to hydrolysis) is 1. The van der Waals surface area contributed by atoms with Crippen molar-refractivity contribution in [1.29, 1.82) is 0 Å². The van der Waals surface area contributed by atoms with Crippen LogP contribution in [0.2, 0.25) is 0 Å². The zero-order valence-corrected chi connectivity index (χ0v) is 13.6. The van der Waals surface area contributed by atoms with Gasteiger partial charge in [-0.05, 0) is 39.5 Å². The minimum Gasteiger partial charge on any atom is -0.446 e. The van der Waals surface area contributed by atoms with E-state index in [9.17, 15) is 4.79 Å². The van der Waals surface area contributed by atoms with E-state index in [0.29, 0.717) is 5.95 Å². The Balaban J connectivity index is 1.44. The van der Waals surface area contributed by atoms with Crippen LogP contribution >= 0.6 is 18.5 Å². The summed E-state index contributed by atoms with van der Waals surface area (Å²) in [6, 6.07) is 0. The number of amides is 1. The molecule has 3 N–H and O–H groups in total. The van der Waals surface area contributed by atoms with Crippen molar-refractivity contribution >= 4 is 30.5 Å². The summed E-state index contributed by atoms with van der Waals surface area (Å²) in [6.45, 7) is 2.05. The molecule has 1 amide bonds. The molecule has 2 fully saturated rings. The Morgan fingerprint density at radius 1 is 1.52 bits per heavy atom. The fraction of sp³-hybridized carbons (Fsp3) is 0.615. The van der Waals surface area contributed by atoms with Crippen molar-refractivity contribution < 1.29 is 9.53 Å². The van der Waals surface area contributed by atoms with E-state index in [0.717, 1.165) is 36.5 Å². The highest BCUT2D eigenvalue weighted by molar-refractivity contribution is 8.55. The predicted molar refractivity (Wildman–Crippen MR) is 84.6 cm³/mol. The largest absolute Gasteiger partial charge is 0.446 e. The Morgan fingerprint density at radius 3 is 2.90 bits per heavy atom. The van der Waals surface area contributed by atoms with Crippen LogP contribution in [0.15, 0.2) is 17.3 Å². The molecule has 2 heterocycles. The first-order chi connectivity index (χ1) is 10.0. The van der Waals surface area contributed by atoms with Gasteiger partial charge >= 0.3 is 6.09 Å². The SMILES string of the molecule is CC1(NC(=O)OC2CCP(Sc3cnc(N)nc3)C2)CC1. The van der Waals surface area contributed by atoms with E-state index in [2.05, 4.69) is 15.3 Å². The number of rotatable bonds is 4. The average Bonchev–Trinajstić information content (AvgIpc) is 2.98. The van der Waals surface area contributed by atoms with Crippen LogP contribution in [0.1, 0.15) is 26.2 Å². The molecule has 1 saturated carbocycles. The highest BCUT2D eigenvalue weighted by Crippen LogP contribution is 2.58. The van der Waals surface area contributed by atoms with Crippen LogP contribution in [0.4, 0.5) is 10.7 Å². The van der Waals surface area contributed by atoms with Crippen LogP contribution in [-0.4, -0.2) is 40.0 Å². The lowest BCUT2D eigenvalue weighted by Crippen LogP contribution is -2.36. The monoisotopic (exact) mass is 326 g/mol. The number of nitrogen functional groups attached to an aromatic ring is 1. The Morgan fingerprint density at radius 2 is 2.24 bits per heavy atom. The van der Waals surface area contributed by atoms with Gasteiger partial charge in [-0.25, -0.2) is 14.8 Å². The van der Waals surface area contributed by atoms with Gasteiger partial charge in [-0.1, -0.05) is 11.4 Å². The second kappa shape index (κ2) is 5.97. The molecule has 1 aromatic heterocycles. The van der Waals surface area contributed by atoms with Crippen LogP contribution in [-0.2, 0) is 4.74 Å². The molecule has 2 unspecified atom stereocenters. The maximum absolute atomic E-state index is 11.8. The summed E-state index contributed by atoms with van der Waals surface area (Å²) in [7, 11) is -0.228. The number of hydrogen-bond acceptors (Lipinski definition) is 6. The smallest absolute Gasteiger partial charge is 0.407 e. The third-order valence-electron chi connectivity index (χ3n) is 3.67. The van der Waals surface area contributed by atoms with Gasteiger partial charge in [0.15, 0.2) is 0 Å². The van der Waals surface area contributed by atoms with Crippen LogP contribution in [0.3, 0.4) is 0 Å². The molecule has 1 aliphatic carbocycles. The first-order valence-electron chi connectivity index (χ1n) is 7.02. The minimum absolute atomic E-state index is 0.0174. The molecule has 2 aliphatic rings. The van der Waals surface area contributed by atoms with Crippen LogP contribution < -0.4 is 11.1 Å². The van der Waals surface area contributed by atoms with E-state index in [1.165, 1.54) is 0 Å². The molecule has 2 atom stereocenters. The zero-order valence-electron chi connectivity index (χ0n) is 11.9. The summed E-state index contributed by atoms with van der Waals surface area (Å²) in [5.74, 6) is 0.296. The van der Waals surface area contributed by atoms with Crippen molar-refractivity contribution in [3.8, 4) is 0 Å². The highest BCUT2D eigenvalue weighted by atomic mass is 32.7. The standard InChI is InChI=1S/C13H19N4O2PS/c1-13(3-4-13)17-12(18)19-9-2-5-20(8-9)21-10-6-15-11(14)16-7-10/h6-7,9H,2-5,8H2,1H3,(H,17,18)(H2,14,15,16). The summed E-state index contributed by atoms with van der Waals surface area (Å²) in [5, 5.41) is 2.93. The van der Waals surface area contributed by atoms with Gasteiger partial charge in [0.1, 0.15) is 6.10 Å². The maximum atomic E-state index is 11.8. The second-order valence-corrected chi connectivity index (χ2v) is 10.3. The molecule has 1 saturated heterocycles. The van der Waals surface area contributed by atoms with E-state index in [1.807, 2.05) is 6.92 Å². The van der Waals surface area contributed by atoms with Gasteiger partial charge in [0, 0.05) is 29.0 Å². The first kappa shape index (κ1) is 14.9. The molecular weight excluding hydrogens is 307 g/mol. The van der Waals surface area contributed by atoms with Gasteiger partial charge in [0.05, 0.1) is 0 Å². The average molecular weight is 326 g/mol. The molecular formula is C13H19N4O2PS. The molecule has 6 nitrogen and oxygen atoms in total. The van der Waals surface area contributed by atoms with Crippen molar-refractivity contribution in [3.63, 3.8) is 0 Å². The normalized spacial score (nSPS) is 26.3. The third kappa shape index (κ3) is 4.20. The number of ether oxygens (including phenoxy) is 1. The summed E-state index contributed by atoms with van der Waals surface area (Å²) in [4.78, 5) is 20.8. The number of aromatic nitrogens is 2. The van der Waals surface area contributed by atoms with E-state index >= 15 is 0 Å². The van der Waals surface area contributed by atoms with Crippen LogP contribution in [0, 0.1) is 0 Å². The first-order valence-corrected chi connectivity index (χ1v) is 10.2. The minimum atomic E-state index is -0.266. The maximum Gasteiger partial charge on any atom is 0.407 e. The van der Waals surface area contributed by atoms with Crippen molar-refractivity contribution in [1.82, 2.24) is 15.3 Å². The molecule has 1 aliphatic heterocycles. The molecule has 8 heteroatoms. The number of carbonyl (C=O) groups is 1. The number of nitrogens with zero attached hydrogens (tertiary/aromatic N) is 2. The van der Waals surface area contributed by atoms with Crippen LogP contribution in [0.25, 0.3) is 0 Å². The molecule has 0 spiro atoms.